The Morgan fingerprint density at radius 2 is 2.16 bits per heavy atom. The lowest BCUT2D eigenvalue weighted by atomic mass is 10.1. The molecule has 19 heavy (non-hydrogen) atoms. The van der Waals surface area contributed by atoms with Crippen LogP contribution < -0.4 is 4.74 Å². The molecule has 1 amide bonds. The molecule has 1 fully saturated rings. The van der Waals surface area contributed by atoms with E-state index in [1.165, 1.54) is 0 Å². The minimum Gasteiger partial charge on any atom is -0.491 e. The van der Waals surface area contributed by atoms with Gasteiger partial charge in [0, 0.05) is 12.2 Å². The van der Waals surface area contributed by atoms with Crippen LogP contribution in [0.4, 0.5) is 0 Å². The first-order valence-electron chi connectivity index (χ1n) is 6.91. The SMILES string of the molecule is CC1c2ccccc2OCCN1C(=O)C1CCCO1. The highest BCUT2D eigenvalue weighted by molar-refractivity contribution is 5.81. The number of ether oxygens (including phenoxy) is 2. The summed E-state index contributed by atoms with van der Waals surface area (Å²) in [6, 6.07) is 7.98. The van der Waals surface area contributed by atoms with E-state index in [9.17, 15) is 4.79 Å². The van der Waals surface area contributed by atoms with E-state index in [1.54, 1.807) is 0 Å². The van der Waals surface area contributed by atoms with Crippen LogP contribution in [0, 0.1) is 0 Å². The van der Waals surface area contributed by atoms with E-state index in [4.69, 9.17) is 9.47 Å². The highest BCUT2D eigenvalue weighted by atomic mass is 16.5. The number of carbonyl (C=O) groups excluding carboxylic acids is 1. The summed E-state index contributed by atoms with van der Waals surface area (Å²) in [6.07, 6.45) is 1.56. The van der Waals surface area contributed by atoms with Gasteiger partial charge in [0.2, 0.25) is 0 Å². The standard InChI is InChI=1S/C15H19NO3/c1-11-12-5-2-3-6-13(12)19-10-8-16(11)15(17)14-7-4-9-18-14/h2-3,5-6,11,14H,4,7-10H2,1H3. The lowest BCUT2D eigenvalue weighted by molar-refractivity contribution is -0.143. The van der Waals surface area contributed by atoms with Gasteiger partial charge in [0.15, 0.2) is 0 Å². The fraction of sp³-hybridized carbons (Fsp3) is 0.533. The number of benzene rings is 1. The quantitative estimate of drug-likeness (QED) is 0.777. The molecule has 3 rings (SSSR count). The first-order chi connectivity index (χ1) is 9.27. The Bertz CT molecular complexity index is 468. The smallest absolute Gasteiger partial charge is 0.252 e. The monoisotopic (exact) mass is 261 g/mol. The topological polar surface area (TPSA) is 38.8 Å². The lowest BCUT2D eigenvalue weighted by Gasteiger charge is -2.29. The second-order valence-corrected chi connectivity index (χ2v) is 5.10. The Morgan fingerprint density at radius 1 is 1.32 bits per heavy atom. The molecule has 2 heterocycles. The van der Waals surface area contributed by atoms with Crippen molar-refractivity contribution < 1.29 is 14.3 Å². The molecule has 0 aromatic heterocycles. The van der Waals surface area contributed by atoms with Crippen LogP contribution >= 0.6 is 0 Å². The predicted molar refractivity (Wildman–Crippen MR) is 71.0 cm³/mol. The summed E-state index contributed by atoms with van der Waals surface area (Å²) in [4.78, 5) is 14.4. The predicted octanol–water partition coefficient (Wildman–Crippen LogP) is 2.15. The molecule has 1 saturated heterocycles. The van der Waals surface area contributed by atoms with Crippen LogP contribution in [0.5, 0.6) is 5.75 Å². The molecule has 2 atom stereocenters. The first kappa shape index (κ1) is 12.5. The van der Waals surface area contributed by atoms with Crippen molar-refractivity contribution in [3.05, 3.63) is 29.8 Å². The first-order valence-corrected chi connectivity index (χ1v) is 6.91. The summed E-state index contributed by atoms with van der Waals surface area (Å²) in [6.45, 7) is 3.92. The number of carbonyl (C=O) groups is 1. The van der Waals surface area contributed by atoms with Gasteiger partial charge in [-0.05, 0) is 25.8 Å². The normalized spacial score (nSPS) is 26.5. The van der Waals surface area contributed by atoms with Gasteiger partial charge in [-0.15, -0.1) is 0 Å². The van der Waals surface area contributed by atoms with Crippen molar-refractivity contribution in [3.8, 4) is 5.75 Å². The molecule has 2 unspecified atom stereocenters. The molecule has 2 aliphatic rings. The van der Waals surface area contributed by atoms with Crippen LogP contribution in [-0.2, 0) is 9.53 Å². The van der Waals surface area contributed by atoms with Gasteiger partial charge >= 0.3 is 0 Å². The van der Waals surface area contributed by atoms with Crippen LogP contribution in [0.15, 0.2) is 24.3 Å². The largest absolute Gasteiger partial charge is 0.491 e. The average molecular weight is 261 g/mol. The van der Waals surface area contributed by atoms with Crippen LogP contribution in [0.3, 0.4) is 0 Å². The van der Waals surface area contributed by atoms with E-state index in [-0.39, 0.29) is 18.1 Å². The van der Waals surface area contributed by atoms with Crippen molar-refractivity contribution >= 4 is 5.91 Å². The second-order valence-electron chi connectivity index (χ2n) is 5.10. The van der Waals surface area contributed by atoms with Crippen molar-refractivity contribution in [2.75, 3.05) is 19.8 Å². The van der Waals surface area contributed by atoms with Crippen molar-refractivity contribution in [2.45, 2.75) is 31.9 Å². The summed E-state index contributed by atoms with van der Waals surface area (Å²) in [7, 11) is 0. The molecule has 4 heteroatoms. The number of nitrogens with zero attached hydrogens (tertiary/aromatic N) is 1. The van der Waals surface area contributed by atoms with Gasteiger partial charge in [-0.1, -0.05) is 18.2 Å². The van der Waals surface area contributed by atoms with E-state index in [2.05, 4.69) is 6.92 Å². The summed E-state index contributed by atoms with van der Waals surface area (Å²) < 4.78 is 11.2. The third kappa shape index (κ3) is 2.32. The zero-order valence-corrected chi connectivity index (χ0v) is 11.2. The van der Waals surface area contributed by atoms with Crippen LogP contribution in [0.2, 0.25) is 0 Å². The van der Waals surface area contributed by atoms with Crippen molar-refractivity contribution in [1.82, 2.24) is 4.90 Å². The fourth-order valence-corrected chi connectivity index (χ4v) is 2.83. The van der Waals surface area contributed by atoms with Crippen molar-refractivity contribution in [3.63, 3.8) is 0 Å². The van der Waals surface area contributed by atoms with E-state index < -0.39 is 0 Å². The fourth-order valence-electron chi connectivity index (χ4n) is 2.83. The maximum absolute atomic E-state index is 12.5. The summed E-state index contributed by atoms with van der Waals surface area (Å²) in [5.74, 6) is 0.989. The van der Waals surface area contributed by atoms with Crippen LogP contribution in [0.1, 0.15) is 31.4 Å². The number of rotatable bonds is 1. The van der Waals surface area contributed by atoms with Gasteiger partial charge in [-0.2, -0.15) is 0 Å². The van der Waals surface area contributed by atoms with Crippen LogP contribution in [0.25, 0.3) is 0 Å². The highest BCUT2D eigenvalue weighted by Crippen LogP contribution is 2.32. The Hall–Kier alpha value is -1.55. The molecule has 0 saturated carbocycles. The molecule has 0 N–H and O–H groups in total. The van der Waals surface area contributed by atoms with Gasteiger partial charge in [-0.25, -0.2) is 0 Å². The molecule has 102 valence electrons. The molecule has 0 bridgehead atoms. The Kier molecular flexibility index (Phi) is 3.42. The van der Waals surface area contributed by atoms with Gasteiger partial charge in [-0.3, -0.25) is 4.79 Å². The third-order valence-corrected chi connectivity index (χ3v) is 3.91. The van der Waals surface area contributed by atoms with E-state index >= 15 is 0 Å². The van der Waals surface area contributed by atoms with Crippen molar-refractivity contribution in [1.29, 1.82) is 0 Å². The molecule has 0 aliphatic carbocycles. The summed E-state index contributed by atoms with van der Waals surface area (Å²) in [5.41, 5.74) is 1.08. The summed E-state index contributed by atoms with van der Waals surface area (Å²) >= 11 is 0. The van der Waals surface area contributed by atoms with Gasteiger partial charge in [0.25, 0.3) is 5.91 Å². The van der Waals surface area contributed by atoms with E-state index in [1.807, 2.05) is 29.2 Å². The molecule has 1 aromatic rings. The molecule has 2 aliphatic heterocycles. The Balaban J connectivity index is 1.84. The third-order valence-electron chi connectivity index (χ3n) is 3.91. The Morgan fingerprint density at radius 3 is 2.95 bits per heavy atom. The number of fused-ring (bicyclic) bond motifs is 1. The lowest BCUT2D eigenvalue weighted by Crippen LogP contribution is -2.41. The molecule has 4 nitrogen and oxygen atoms in total. The average Bonchev–Trinajstić information content (AvgIpc) is 2.91. The molecular formula is C15H19NO3. The number of hydrogen-bond acceptors (Lipinski definition) is 3. The van der Waals surface area contributed by atoms with E-state index in [0.717, 1.165) is 24.2 Å². The maximum Gasteiger partial charge on any atom is 0.252 e. The zero-order valence-electron chi connectivity index (χ0n) is 11.2. The van der Waals surface area contributed by atoms with Crippen molar-refractivity contribution in [2.24, 2.45) is 0 Å². The summed E-state index contributed by atoms with van der Waals surface area (Å²) in [5, 5.41) is 0. The number of hydrogen-bond donors (Lipinski definition) is 0. The minimum absolute atomic E-state index is 0.0374. The molecular weight excluding hydrogens is 242 g/mol. The van der Waals surface area contributed by atoms with Crippen LogP contribution in [-0.4, -0.2) is 36.7 Å². The van der Waals surface area contributed by atoms with E-state index in [0.29, 0.717) is 19.8 Å². The maximum atomic E-state index is 12.5. The molecule has 0 radical (unpaired) electrons. The number of para-hydroxylation sites is 1. The van der Waals surface area contributed by atoms with Gasteiger partial charge < -0.3 is 14.4 Å². The number of amides is 1. The second kappa shape index (κ2) is 5.21. The Labute approximate surface area is 113 Å². The van der Waals surface area contributed by atoms with Gasteiger partial charge in [0.05, 0.1) is 12.6 Å². The molecule has 0 spiro atoms. The highest BCUT2D eigenvalue weighted by Gasteiger charge is 2.33. The zero-order chi connectivity index (χ0) is 13.2. The minimum atomic E-state index is -0.257. The van der Waals surface area contributed by atoms with Gasteiger partial charge in [0.1, 0.15) is 18.5 Å². The molecule has 1 aromatic carbocycles.